The number of nitrogens with zero attached hydrogens (tertiary/aromatic N) is 2. The number of ether oxygens (including phenoxy) is 1. The van der Waals surface area contributed by atoms with Crippen molar-refractivity contribution in [2.45, 2.75) is 58.2 Å². The van der Waals surface area contributed by atoms with Crippen LogP contribution in [0.25, 0.3) is 0 Å². The normalized spacial score (nSPS) is 12.8. The quantitative estimate of drug-likeness (QED) is 0.219. The summed E-state index contributed by atoms with van der Waals surface area (Å²) in [4.78, 5) is 18.0. The third-order valence-electron chi connectivity index (χ3n) is 6.61. The number of alkyl halides is 1. The molecule has 192 valence electrons. The zero-order chi connectivity index (χ0) is 25.8. The lowest BCUT2D eigenvalue weighted by molar-refractivity contribution is -0.133. The second-order valence-corrected chi connectivity index (χ2v) is 9.62. The molecule has 36 heavy (non-hydrogen) atoms. The summed E-state index contributed by atoms with van der Waals surface area (Å²) in [5.74, 6) is 0.734. The smallest absolute Gasteiger partial charge is 0.245 e. The van der Waals surface area contributed by atoms with Crippen molar-refractivity contribution in [1.82, 2.24) is 9.80 Å². The van der Waals surface area contributed by atoms with Crippen LogP contribution in [0.1, 0.15) is 55.7 Å². The summed E-state index contributed by atoms with van der Waals surface area (Å²) in [6.45, 7) is 10.6. The summed E-state index contributed by atoms with van der Waals surface area (Å²) >= 11 is 6.72. The van der Waals surface area contributed by atoms with Crippen LogP contribution in [0.4, 0.5) is 0 Å². The average molecular weight is 507 g/mol. The van der Waals surface area contributed by atoms with Gasteiger partial charge in [0.15, 0.2) is 0 Å². The van der Waals surface area contributed by atoms with E-state index in [9.17, 15) is 4.79 Å². The Balaban J connectivity index is 1.73. The van der Waals surface area contributed by atoms with Gasteiger partial charge in [0.1, 0.15) is 17.7 Å². The van der Waals surface area contributed by atoms with Gasteiger partial charge < -0.3 is 14.5 Å². The average Bonchev–Trinajstić information content (AvgIpc) is 2.93. The van der Waals surface area contributed by atoms with Gasteiger partial charge in [-0.25, -0.2) is 0 Å². The summed E-state index contributed by atoms with van der Waals surface area (Å²) in [6.07, 6.45) is 1.95. The molecule has 0 N–H and O–H groups in total. The molecule has 5 heteroatoms. The van der Waals surface area contributed by atoms with Gasteiger partial charge in [-0.3, -0.25) is 4.79 Å². The number of carbonyl (C=O) groups excluding carboxylic acids is 1. The van der Waals surface area contributed by atoms with Gasteiger partial charge in [0.05, 0.1) is 0 Å². The highest BCUT2D eigenvalue weighted by Gasteiger charge is 2.27. The molecule has 0 aliphatic heterocycles. The van der Waals surface area contributed by atoms with Crippen LogP contribution < -0.4 is 4.74 Å². The molecular formula is C31H39ClN2O2. The lowest BCUT2D eigenvalue weighted by atomic mass is 10.1. The summed E-state index contributed by atoms with van der Waals surface area (Å²) < 4.78 is 6.03. The number of carbonyl (C=O) groups is 1. The third-order valence-corrected chi connectivity index (χ3v) is 7.05. The molecule has 0 saturated carbocycles. The van der Waals surface area contributed by atoms with E-state index >= 15 is 0 Å². The lowest BCUT2D eigenvalue weighted by Crippen LogP contribution is -2.40. The first-order valence-corrected chi connectivity index (χ1v) is 13.4. The number of halogens is 1. The van der Waals surface area contributed by atoms with Crippen molar-refractivity contribution in [2.24, 2.45) is 0 Å². The van der Waals surface area contributed by atoms with Crippen molar-refractivity contribution in [1.29, 1.82) is 0 Å². The fourth-order valence-electron chi connectivity index (χ4n) is 4.34. The predicted molar refractivity (Wildman–Crippen MR) is 149 cm³/mol. The van der Waals surface area contributed by atoms with Gasteiger partial charge in [0.2, 0.25) is 5.91 Å². The Hall–Kier alpha value is -2.82. The monoisotopic (exact) mass is 506 g/mol. The summed E-state index contributed by atoms with van der Waals surface area (Å²) in [5.41, 5.74) is 2.97. The van der Waals surface area contributed by atoms with Crippen molar-refractivity contribution in [3.63, 3.8) is 0 Å². The minimum Gasteiger partial charge on any atom is -0.489 e. The molecule has 2 unspecified atom stereocenters. The van der Waals surface area contributed by atoms with E-state index in [-0.39, 0.29) is 11.9 Å². The van der Waals surface area contributed by atoms with Gasteiger partial charge in [-0.2, -0.15) is 0 Å². The van der Waals surface area contributed by atoms with Crippen LogP contribution in [0.2, 0.25) is 0 Å². The number of amides is 1. The Morgan fingerprint density at radius 1 is 0.889 bits per heavy atom. The third kappa shape index (κ3) is 8.39. The maximum atomic E-state index is 13.6. The largest absolute Gasteiger partial charge is 0.489 e. The Kier molecular flexibility index (Phi) is 11.3. The minimum absolute atomic E-state index is 0.0613. The molecular weight excluding hydrogens is 468 g/mol. The van der Waals surface area contributed by atoms with Crippen LogP contribution in [-0.4, -0.2) is 41.4 Å². The molecule has 0 heterocycles. The maximum Gasteiger partial charge on any atom is 0.245 e. The molecule has 0 aromatic heterocycles. The van der Waals surface area contributed by atoms with E-state index in [1.54, 1.807) is 0 Å². The highest BCUT2D eigenvalue weighted by atomic mass is 35.5. The molecule has 3 rings (SSSR count). The molecule has 0 fully saturated rings. The molecule has 3 aromatic carbocycles. The van der Waals surface area contributed by atoms with Gasteiger partial charge in [-0.05, 0) is 68.2 Å². The molecule has 1 amide bonds. The van der Waals surface area contributed by atoms with Gasteiger partial charge in [0, 0.05) is 12.6 Å². The topological polar surface area (TPSA) is 32.8 Å². The van der Waals surface area contributed by atoms with Crippen LogP contribution in [-0.2, 0) is 17.9 Å². The molecule has 0 bridgehead atoms. The van der Waals surface area contributed by atoms with Gasteiger partial charge >= 0.3 is 0 Å². The highest BCUT2D eigenvalue weighted by Crippen LogP contribution is 2.27. The van der Waals surface area contributed by atoms with Crippen molar-refractivity contribution in [2.75, 3.05) is 19.6 Å². The Bertz CT molecular complexity index is 1040. The summed E-state index contributed by atoms with van der Waals surface area (Å²) in [7, 11) is 0. The van der Waals surface area contributed by atoms with Crippen molar-refractivity contribution in [3.05, 3.63) is 102 Å². The van der Waals surface area contributed by atoms with Crippen molar-refractivity contribution >= 4 is 17.5 Å². The number of hydrogen-bond acceptors (Lipinski definition) is 3. The van der Waals surface area contributed by atoms with E-state index in [0.717, 1.165) is 54.9 Å². The van der Waals surface area contributed by atoms with E-state index in [2.05, 4.69) is 25.7 Å². The van der Waals surface area contributed by atoms with Crippen molar-refractivity contribution < 1.29 is 9.53 Å². The minimum atomic E-state index is -0.714. The predicted octanol–water partition coefficient (Wildman–Crippen LogP) is 7.08. The van der Waals surface area contributed by atoms with E-state index in [1.165, 1.54) is 0 Å². The number of hydrogen-bond donors (Lipinski definition) is 0. The standard InChI is InChI=1S/C31H39ClN2O2/c1-4-33(5-2)21-13-14-25(3)34(31(35)30(32)28-18-10-7-11-19-28)23-27-17-12-20-29(22-27)36-24-26-15-8-6-9-16-26/h6-12,15-20,22,25,30H,4-5,13-14,21,23-24H2,1-3H3. The zero-order valence-corrected chi connectivity index (χ0v) is 22.5. The Morgan fingerprint density at radius 3 is 2.19 bits per heavy atom. The second kappa shape index (κ2) is 14.7. The van der Waals surface area contributed by atoms with Crippen LogP contribution in [0.5, 0.6) is 5.75 Å². The van der Waals surface area contributed by atoms with E-state index in [4.69, 9.17) is 16.3 Å². The molecule has 0 saturated heterocycles. The Morgan fingerprint density at radius 2 is 1.53 bits per heavy atom. The summed E-state index contributed by atoms with van der Waals surface area (Å²) in [5, 5.41) is -0.714. The Labute approximate surface area is 221 Å². The fraction of sp³-hybridized carbons (Fsp3) is 0.387. The summed E-state index contributed by atoms with van der Waals surface area (Å²) in [6, 6.07) is 27.8. The first-order valence-electron chi connectivity index (χ1n) is 13.0. The van der Waals surface area contributed by atoms with Crippen LogP contribution in [0, 0.1) is 0 Å². The van der Waals surface area contributed by atoms with Crippen LogP contribution in [0.15, 0.2) is 84.9 Å². The lowest BCUT2D eigenvalue weighted by Gasteiger charge is -2.32. The fourth-order valence-corrected chi connectivity index (χ4v) is 4.61. The second-order valence-electron chi connectivity index (χ2n) is 9.18. The number of benzene rings is 3. The molecule has 0 aliphatic carbocycles. The molecule has 0 spiro atoms. The van der Waals surface area contributed by atoms with Crippen molar-refractivity contribution in [3.8, 4) is 5.75 Å². The van der Waals surface area contributed by atoms with Gasteiger partial charge in [0.25, 0.3) is 0 Å². The maximum absolute atomic E-state index is 13.6. The molecule has 0 radical (unpaired) electrons. The van der Waals surface area contributed by atoms with E-state index < -0.39 is 5.38 Å². The number of rotatable bonds is 14. The SMILES string of the molecule is CCN(CC)CCCC(C)N(Cc1cccc(OCc2ccccc2)c1)C(=O)C(Cl)c1ccccc1. The van der Waals surface area contributed by atoms with Gasteiger partial charge in [-0.15, -0.1) is 11.6 Å². The first-order chi connectivity index (χ1) is 17.5. The van der Waals surface area contributed by atoms with Gasteiger partial charge in [-0.1, -0.05) is 86.6 Å². The van der Waals surface area contributed by atoms with Crippen LogP contribution in [0.3, 0.4) is 0 Å². The molecule has 3 aromatic rings. The van der Waals surface area contributed by atoms with Crippen LogP contribution >= 0.6 is 11.6 Å². The van der Waals surface area contributed by atoms with E-state index in [1.807, 2.05) is 89.8 Å². The first kappa shape index (κ1) is 27.8. The zero-order valence-electron chi connectivity index (χ0n) is 21.8. The highest BCUT2D eigenvalue weighted by molar-refractivity contribution is 6.30. The molecule has 4 nitrogen and oxygen atoms in total. The van der Waals surface area contributed by atoms with E-state index in [0.29, 0.717) is 13.2 Å². The molecule has 0 aliphatic rings. The molecule has 2 atom stereocenters.